The second-order valence-corrected chi connectivity index (χ2v) is 6.14. The first kappa shape index (κ1) is 17.6. The number of halogens is 1. The van der Waals surface area contributed by atoms with Gasteiger partial charge in [0, 0.05) is 23.2 Å². The fraction of sp³-hybridized carbons (Fsp3) is 0.100. The summed E-state index contributed by atoms with van der Waals surface area (Å²) >= 11 is 0. The summed E-state index contributed by atoms with van der Waals surface area (Å²) in [5, 5.41) is 10.6. The number of nitrogens with one attached hydrogen (secondary N) is 1. The number of methoxy groups -OCH3 is 2. The molecule has 8 heteroatoms. The van der Waals surface area contributed by atoms with Gasteiger partial charge in [-0.15, -0.1) is 0 Å². The standard InChI is InChI=1S/C20H15FN2O5/c1-27-17-7-12-13(8-18(17)28-2)19(24)23(9-14(12)20(25)26)16-6-10(21)5-15-11(16)3-4-22-15/h3-9,22H,1-2H3,(H,25,26). The maximum absolute atomic E-state index is 14.1. The Labute approximate surface area is 157 Å². The van der Waals surface area contributed by atoms with Crippen LogP contribution in [0.3, 0.4) is 0 Å². The number of benzene rings is 2. The monoisotopic (exact) mass is 382 g/mol. The van der Waals surface area contributed by atoms with Gasteiger partial charge in [-0.1, -0.05) is 0 Å². The molecule has 2 aromatic carbocycles. The van der Waals surface area contributed by atoms with Gasteiger partial charge in [-0.3, -0.25) is 9.36 Å². The number of hydrogen-bond donors (Lipinski definition) is 2. The molecular formula is C20H15FN2O5. The topological polar surface area (TPSA) is 93.5 Å². The Balaban J connectivity index is 2.16. The summed E-state index contributed by atoms with van der Waals surface area (Å²) in [4.78, 5) is 28.0. The maximum Gasteiger partial charge on any atom is 0.337 e. The van der Waals surface area contributed by atoms with Crippen molar-refractivity contribution in [1.29, 1.82) is 0 Å². The minimum absolute atomic E-state index is 0.116. The summed E-state index contributed by atoms with van der Waals surface area (Å²) in [5.74, 6) is -1.20. The van der Waals surface area contributed by atoms with Crippen LogP contribution >= 0.6 is 0 Å². The average Bonchev–Trinajstić information content (AvgIpc) is 3.14. The van der Waals surface area contributed by atoms with Crippen LogP contribution in [-0.2, 0) is 0 Å². The van der Waals surface area contributed by atoms with E-state index in [9.17, 15) is 19.1 Å². The van der Waals surface area contributed by atoms with Crippen molar-refractivity contribution in [2.24, 2.45) is 0 Å². The lowest BCUT2D eigenvalue weighted by Gasteiger charge is -2.14. The Morgan fingerprint density at radius 2 is 1.75 bits per heavy atom. The molecule has 142 valence electrons. The lowest BCUT2D eigenvalue weighted by atomic mass is 10.1. The highest BCUT2D eigenvalue weighted by atomic mass is 19.1. The molecule has 0 saturated heterocycles. The van der Waals surface area contributed by atoms with Crippen molar-refractivity contribution in [3.05, 3.63) is 64.5 Å². The molecule has 2 heterocycles. The Morgan fingerprint density at radius 1 is 1.07 bits per heavy atom. The van der Waals surface area contributed by atoms with Gasteiger partial charge in [-0.25, -0.2) is 9.18 Å². The van der Waals surface area contributed by atoms with Gasteiger partial charge in [-0.2, -0.15) is 0 Å². The highest BCUT2D eigenvalue weighted by molar-refractivity contribution is 6.04. The van der Waals surface area contributed by atoms with Crippen LogP contribution in [0.15, 0.2) is 47.5 Å². The van der Waals surface area contributed by atoms with E-state index >= 15 is 0 Å². The van der Waals surface area contributed by atoms with Crippen LogP contribution in [-0.4, -0.2) is 34.8 Å². The van der Waals surface area contributed by atoms with E-state index in [0.717, 1.165) is 4.57 Å². The van der Waals surface area contributed by atoms with Gasteiger partial charge in [0.15, 0.2) is 11.5 Å². The van der Waals surface area contributed by atoms with Crippen molar-refractivity contribution in [2.45, 2.75) is 0 Å². The number of H-pyrrole nitrogens is 1. The molecule has 0 unspecified atom stereocenters. The van der Waals surface area contributed by atoms with Crippen molar-refractivity contribution in [3.8, 4) is 17.2 Å². The second kappa shape index (κ2) is 6.41. The van der Waals surface area contributed by atoms with Crippen LogP contribution in [0.2, 0.25) is 0 Å². The maximum atomic E-state index is 14.1. The van der Waals surface area contributed by atoms with E-state index in [0.29, 0.717) is 16.7 Å². The minimum atomic E-state index is -1.23. The van der Waals surface area contributed by atoms with Gasteiger partial charge >= 0.3 is 5.97 Å². The number of carbonyl (C=O) groups is 1. The Morgan fingerprint density at radius 3 is 2.39 bits per heavy atom. The number of aromatic carboxylic acids is 1. The number of nitrogens with zero attached hydrogens (tertiary/aromatic N) is 1. The number of carboxylic acid groups (broad SMARTS) is 1. The third-order valence-electron chi connectivity index (χ3n) is 4.62. The summed E-state index contributed by atoms with van der Waals surface area (Å²) in [5.41, 5.74) is 0.101. The highest BCUT2D eigenvalue weighted by Crippen LogP contribution is 2.33. The van der Waals surface area contributed by atoms with E-state index in [2.05, 4.69) is 4.98 Å². The fourth-order valence-electron chi connectivity index (χ4n) is 3.33. The lowest BCUT2D eigenvalue weighted by molar-refractivity contribution is 0.0698. The molecule has 0 bridgehead atoms. The van der Waals surface area contributed by atoms with E-state index in [1.165, 1.54) is 44.7 Å². The summed E-state index contributed by atoms with van der Waals surface area (Å²) < 4.78 is 25.7. The van der Waals surface area contributed by atoms with Gasteiger partial charge in [0.25, 0.3) is 5.56 Å². The van der Waals surface area contributed by atoms with Crippen LogP contribution in [0.25, 0.3) is 27.4 Å². The lowest BCUT2D eigenvalue weighted by Crippen LogP contribution is -2.21. The fourth-order valence-corrected chi connectivity index (χ4v) is 3.33. The van der Waals surface area contributed by atoms with E-state index in [4.69, 9.17) is 9.47 Å². The van der Waals surface area contributed by atoms with Crippen molar-refractivity contribution in [2.75, 3.05) is 14.2 Å². The molecule has 4 rings (SSSR count). The number of aromatic amines is 1. The average molecular weight is 382 g/mol. The molecule has 0 amide bonds. The molecule has 0 aliphatic carbocycles. The summed E-state index contributed by atoms with van der Waals surface area (Å²) in [6, 6.07) is 7.05. The Bertz CT molecular complexity index is 1310. The predicted octanol–water partition coefficient (Wildman–Crippen LogP) is 3.33. The molecule has 2 aromatic heterocycles. The Hall–Kier alpha value is -3.81. The van der Waals surface area contributed by atoms with E-state index < -0.39 is 17.3 Å². The van der Waals surface area contributed by atoms with Crippen LogP contribution < -0.4 is 15.0 Å². The first-order valence-electron chi connectivity index (χ1n) is 8.26. The summed E-state index contributed by atoms with van der Waals surface area (Å²) in [6.07, 6.45) is 2.81. The normalized spacial score (nSPS) is 11.1. The predicted molar refractivity (Wildman–Crippen MR) is 101 cm³/mol. The van der Waals surface area contributed by atoms with Gasteiger partial charge in [0.05, 0.1) is 36.4 Å². The molecule has 0 fully saturated rings. The number of rotatable bonds is 4. The zero-order valence-electron chi connectivity index (χ0n) is 14.9. The molecule has 0 saturated carbocycles. The number of aromatic nitrogens is 2. The number of carboxylic acids is 1. The molecule has 2 N–H and O–H groups in total. The molecule has 0 aliphatic rings. The van der Waals surface area contributed by atoms with Gasteiger partial charge in [0.2, 0.25) is 0 Å². The third kappa shape index (κ3) is 2.58. The van der Waals surface area contributed by atoms with Gasteiger partial charge in [0.1, 0.15) is 5.82 Å². The van der Waals surface area contributed by atoms with Crippen LogP contribution in [0.1, 0.15) is 10.4 Å². The second-order valence-electron chi connectivity index (χ2n) is 6.14. The first-order chi connectivity index (χ1) is 13.4. The van der Waals surface area contributed by atoms with E-state index in [1.54, 1.807) is 12.3 Å². The minimum Gasteiger partial charge on any atom is -0.493 e. The number of fused-ring (bicyclic) bond motifs is 2. The molecule has 0 aliphatic heterocycles. The van der Waals surface area contributed by atoms with Crippen molar-refractivity contribution < 1.29 is 23.8 Å². The molecule has 28 heavy (non-hydrogen) atoms. The van der Waals surface area contributed by atoms with Crippen molar-refractivity contribution in [3.63, 3.8) is 0 Å². The molecule has 0 atom stereocenters. The largest absolute Gasteiger partial charge is 0.493 e. The van der Waals surface area contributed by atoms with E-state index in [-0.39, 0.29) is 27.8 Å². The summed E-state index contributed by atoms with van der Waals surface area (Å²) in [6.45, 7) is 0. The first-order valence-corrected chi connectivity index (χ1v) is 8.26. The molecule has 7 nitrogen and oxygen atoms in total. The molecule has 0 spiro atoms. The summed E-state index contributed by atoms with van der Waals surface area (Å²) in [7, 11) is 2.83. The number of ether oxygens (including phenoxy) is 2. The SMILES string of the molecule is COc1cc2c(C(=O)O)cn(-c3cc(F)cc4[nH]ccc34)c(=O)c2cc1OC. The van der Waals surface area contributed by atoms with Crippen LogP contribution in [0, 0.1) is 5.82 Å². The zero-order valence-corrected chi connectivity index (χ0v) is 14.9. The smallest absolute Gasteiger partial charge is 0.337 e. The van der Waals surface area contributed by atoms with Crippen LogP contribution in [0.5, 0.6) is 11.5 Å². The van der Waals surface area contributed by atoms with Crippen molar-refractivity contribution >= 4 is 27.6 Å². The third-order valence-corrected chi connectivity index (χ3v) is 4.62. The quantitative estimate of drug-likeness (QED) is 0.565. The Kier molecular flexibility index (Phi) is 4.03. The van der Waals surface area contributed by atoms with E-state index in [1.807, 2.05) is 0 Å². The molecule has 0 radical (unpaired) electrons. The highest BCUT2D eigenvalue weighted by Gasteiger charge is 2.19. The molecular weight excluding hydrogens is 367 g/mol. The zero-order chi connectivity index (χ0) is 20.0. The number of pyridine rings is 1. The number of hydrogen-bond acceptors (Lipinski definition) is 4. The van der Waals surface area contributed by atoms with Crippen LogP contribution in [0.4, 0.5) is 4.39 Å². The molecule has 4 aromatic rings. The van der Waals surface area contributed by atoms with Crippen molar-refractivity contribution in [1.82, 2.24) is 9.55 Å². The van der Waals surface area contributed by atoms with Gasteiger partial charge in [-0.05, 0) is 30.3 Å². The van der Waals surface area contributed by atoms with Gasteiger partial charge < -0.3 is 19.6 Å².